The van der Waals surface area contributed by atoms with Gasteiger partial charge in [0.05, 0.1) is 0 Å². The van der Waals surface area contributed by atoms with Crippen LogP contribution in [0.2, 0.25) is 0 Å². The van der Waals surface area contributed by atoms with E-state index in [1.54, 1.807) is 0 Å². The van der Waals surface area contributed by atoms with E-state index >= 15 is 0 Å². The van der Waals surface area contributed by atoms with Crippen LogP contribution in [0.3, 0.4) is 0 Å². The predicted octanol–water partition coefficient (Wildman–Crippen LogP) is 8.11. The number of unbranched alkanes of at least 4 members (excludes halogenated alkanes) is 11. The van der Waals surface area contributed by atoms with Crippen LogP contribution >= 0.6 is 0 Å². The summed E-state index contributed by atoms with van der Waals surface area (Å²) in [5.74, 6) is 0.996. The summed E-state index contributed by atoms with van der Waals surface area (Å²) in [6.07, 6.45) is 24.2. The van der Waals surface area contributed by atoms with Crippen molar-refractivity contribution >= 4 is 0 Å². The first-order valence-electron chi connectivity index (χ1n) is 10.1. The fraction of sp³-hybridized carbons (Fsp3) is 0.952. The molecule has 0 nitrogen and oxygen atoms in total. The van der Waals surface area contributed by atoms with Gasteiger partial charge in [0, 0.05) is 0 Å². The molecule has 0 aromatic heterocycles. The normalized spacial score (nSPS) is 12.7. The molecule has 0 bridgehead atoms. The third-order valence-corrected chi connectivity index (χ3v) is 4.78. The molecular weight excluding hydrogens is 252 g/mol. The second kappa shape index (κ2) is 18.1. The predicted molar refractivity (Wildman–Crippen MR) is 98.7 cm³/mol. The lowest BCUT2D eigenvalue weighted by molar-refractivity contribution is 0.385. The molecule has 1 atom stereocenters. The second-order valence-corrected chi connectivity index (χ2v) is 6.97. The molecule has 0 spiro atoms. The Bertz CT molecular complexity index is 173. The van der Waals surface area contributed by atoms with Crippen LogP contribution in [0.25, 0.3) is 0 Å². The van der Waals surface area contributed by atoms with E-state index in [4.69, 9.17) is 0 Å². The van der Waals surface area contributed by atoms with Crippen LogP contribution < -0.4 is 0 Å². The Labute approximate surface area is 136 Å². The van der Waals surface area contributed by atoms with Gasteiger partial charge in [0.25, 0.3) is 0 Å². The Morgan fingerprint density at radius 2 is 1.00 bits per heavy atom. The van der Waals surface area contributed by atoms with Crippen molar-refractivity contribution in [2.75, 3.05) is 0 Å². The Morgan fingerprint density at radius 3 is 1.48 bits per heavy atom. The van der Waals surface area contributed by atoms with Gasteiger partial charge in [0.2, 0.25) is 0 Å². The van der Waals surface area contributed by atoms with E-state index in [1.807, 2.05) is 0 Å². The number of rotatable bonds is 17. The fourth-order valence-corrected chi connectivity index (χ4v) is 3.37. The summed E-state index contributed by atoms with van der Waals surface area (Å²) in [7, 11) is 0. The summed E-state index contributed by atoms with van der Waals surface area (Å²) in [5.41, 5.74) is 0. The van der Waals surface area contributed by atoms with Crippen LogP contribution in [0.4, 0.5) is 0 Å². The number of hydrogen-bond donors (Lipinski definition) is 0. The molecule has 0 aromatic rings. The van der Waals surface area contributed by atoms with Crippen LogP contribution in [-0.4, -0.2) is 0 Å². The highest BCUT2D eigenvalue weighted by molar-refractivity contribution is 4.60. The van der Waals surface area contributed by atoms with E-state index in [0.717, 1.165) is 12.3 Å². The van der Waals surface area contributed by atoms with Gasteiger partial charge in [-0.3, -0.25) is 0 Å². The molecule has 0 aliphatic carbocycles. The van der Waals surface area contributed by atoms with Gasteiger partial charge in [-0.1, -0.05) is 130 Å². The van der Waals surface area contributed by atoms with E-state index in [1.165, 1.54) is 103 Å². The second-order valence-electron chi connectivity index (χ2n) is 6.97. The van der Waals surface area contributed by atoms with Crippen molar-refractivity contribution in [1.29, 1.82) is 0 Å². The zero-order valence-corrected chi connectivity index (χ0v) is 15.3. The lowest BCUT2D eigenvalue weighted by atomic mass is 9.91. The molecule has 0 amide bonds. The smallest absolute Gasteiger partial charge is 0.0414 e. The van der Waals surface area contributed by atoms with Crippen LogP contribution in [0.15, 0.2) is 0 Å². The van der Waals surface area contributed by atoms with E-state index in [-0.39, 0.29) is 0 Å². The highest BCUT2D eigenvalue weighted by Gasteiger charge is 2.06. The maximum atomic E-state index is 3.98. The molecule has 0 fully saturated rings. The van der Waals surface area contributed by atoms with Gasteiger partial charge in [-0.15, -0.1) is 0 Å². The van der Waals surface area contributed by atoms with E-state index in [9.17, 15) is 0 Å². The molecule has 0 aromatic carbocycles. The van der Waals surface area contributed by atoms with Gasteiger partial charge in [-0.25, -0.2) is 0 Å². The minimum Gasteiger partial charge on any atom is -0.0654 e. The van der Waals surface area contributed by atoms with Crippen molar-refractivity contribution in [3.05, 3.63) is 6.92 Å². The van der Waals surface area contributed by atoms with Gasteiger partial charge in [0.15, 0.2) is 0 Å². The van der Waals surface area contributed by atoms with E-state index < -0.39 is 0 Å². The maximum Gasteiger partial charge on any atom is -0.0414 e. The highest BCUT2D eigenvalue weighted by Crippen LogP contribution is 2.22. The topological polar surface area (TPSA) is 0 Å². The maximum absolute atomic E-state index is 3.98. The van der Waals surface area contributed by atoms with Crippen molar-refractivity contribution in [3.63, 3.8) is 0 Å². The Balaban J connectivity index is 3.25. The van der Waals surface area contributed by atoms with Crippen molar-refractivity contribution < 1.29 is 0 Å². The van der Waals surface area contributed by atoms with Gasteiger partial charge >= 0.3 is 0 Å². The first-order valence-corrected chi connectivity index (χ1v) is 10.1. The van der Waals surface area contributed by atoms with Crippen molar-refractivity contribution in [2.45, 2.75) is 123 Å². The van der Waals surface area contributed by atoms with E-state index in [2.05, 4.69) is 20.8 Å². The molecule has 0 saturated heterocycles. The lowest BCUT2D eigenvalue weighted by Gasteiger charge is -2.15. The summed E-state index contributed by atoms with van der Waals surface area (Å²) >= 11 is 0. The van der Waals surface area contributed by atoms with Crippen LogP contribution in [0, 0.1) is 12.8 Å². The van der Waals surface area contributed by atoms with Gasteiger partial charge in [0.1, 0.15) is 0 Å². The quantitative estimate of drug-likeness (QED) is 0.238. The van der Waals surface area contributed by atoms with Crippen molar-refractivity contribution in [3.8, 4) is 0 Å². The molecule has 1 unspecified atom stereocenters. The lowest BCUT2D eigenvalue weighted by Crippen LogP contribution is -2.00. The van der Waals surface area contributed by atoms with Gasteiger partial charge in [-0.05, 0) is 5.92 Å². The standard InChI is InChI=1S/C21H43/c1-4-7-9-10-11-12-13-14-15-16-17-20-21(18-6-3)19-8-5-2/h21H,2,4-20H2,1,3H3. The summed E-state index contributed by atoms with van der Waals surface area (Å²) in [6, 6.07) is 0. The Kier molecular flexibility index (Phi) is 18.1. The highest BCUT2D eigenvalue weighted by atomic mass is 14.1. The Hall–Kier alpha value is 0. The average Bonchev–Trinajstić information content (AvgIpc) is 2.50. The molecule has 0 heteroatoms. The van der Waals surface area contributed by atoms with Gasteiger partial charge < -0.3 is 0 Å². The molecule has 127 valence electrons. The molecule has 21 heavy (non-hydrogen) atoms. The molecule has 0 rings (SSSR count). The minimum absolute atomic E-state index is 0.996. The zero-order chi connectivity index (χ0) is 15.6. The first kappa shape index (κ1) is 21.0. The summed E-state index contributed by atoms with van der Waals surface area (Å²) in [5, 5.41) is 0. The Morgan fingerprint density at radius 1 is 0.524 bits per heavy atom. The third-order valence-electron chi connectivity index (χ3n) is 4.78. The average molecular weight is 296 g/mol. The SMILES string of the molecule is [CH2]CCCC(CCC)CCCCCCCCCCCCC. The molecule has 0 aliphatic rings. The molecular formula is C21H43. The summed E-state index contributed by atoms with van der Waals surface area (Å²) < 4.78 is 0. The largest absolute Gasteiger partial charge is 0.0654 e. The fourth-order valence-electron chi connectivity index (χ4n) is 3.37. The first-order chi connectivity index (χ1) is 10.3. The minimum atomic E-state index is 0.996. The third kappa shape index (κ3) is 16.2. The molecule has 0 heterocycles. The van der Waals surface area contributed by atoms with Crippen LogP contribution in [0.5, 0.6) is 0 Å². The molecule has 0 N–H and O–H groups in total. The van der Waals surface area contributed by atoms with Gasteiger partial charge in [-0.2, -0.15) is 0 Å². The molecule has 0 saturated carbocycles. The van der Waals surface area contributed by atoms with Crippen molar-refractivity contribution in [1.82, 2.24) is 0 Å². The summed E-state index contributed by atoms with van der Waals surface area (Å²) in [6.45, 7) is 8.61. The number of hydrogen-bond acceptors (Lipinski definition) is 0. The van der Waals surface area contributed by atoms with Crippen molar-refractivity contribution in [2.24, 2.45) is 5.92 Å². The van der Waals surface area contributed by atoms with E-state index in [0.29, 0.717) is 0 Å². The van der Waals surface area contributed by atoms with Crippen LogP contribution in [0.1, 0.15) is 123 Å². The monoisotopic (exact) mass is 295 g/mol. The summed E-state index contributed by atoms with van der Waals surface area (Å²) in [4.78, 5) is 0. The molecule has 0 aliphatic heterocycles. The zero-order valence-electron chi connectivity index (χ0n) is 15.3. The molecule has 1 radical (unpaired) electrons. The van der Waals surface area contributed by atoms with Crippen LogP contribution in [-0.2, 0) is 0 Å².